The van der Waals surface area contributed by atoms with Gasteiger partial charge >= 0.3 is 0 Å². The maximum atomic E-state index is 10.2. The summed E-state index contributed by atoms with van der Waals surface area (Å²) in [7, 11) is 0. The van der Waals surface area contributed by atoms with Crippen LogP contribution in [0.2, 0.25) is 0 Å². The van der Waals surface area contributed by atoms with Crippen LogP contribution in [0.15, 0.2) is 43.0 Å². The number of aliphatic hydroxyl groups is 1. The molecule has 0 aliphatic rings. The van der Waals surface area contributed by atoms with E-state index in [0.717, 1.165) is 5.56 Å². The Hall–Kier alpha value is -1.08. The minimum Gasteiger partial charge on any atom is -0.392 e. The molecule has 1 rings (SSSR count). The van der Waals surface area contributed by atoms with Crippen molar-refractivity contribution >= 4 is 0 Å². The normalized spacial score (nSPS) is 15.7. The van der Waals surface area contributed by atoms with Crippen molar-refractivity contribution in [3.8, 4) is 0 Å². The molecule has 0 aromatic heterocycles. The summed E-state index contributed by atoms with van der Waals surface area (Å²) in [5.41, 5.74) is 0.917. The Balaban J connectivity index is 2.97. The van der Waals surface area contributed by atoms with Gasteiger partial charge in [-0.25, -0.2) is 0 Å². The summed E-state index contributed by atoms with van der Waals surface area (Å²) in [4.78, 5) is 0. The molecule has 0 unspecified atom stereocenters. The lowest BCUT2D eigenvalue weighted by atomic mass is 9.75. The average Bonchev–Trinajstić information content (AvgIpc) is 2.28. The summed E-state index contributed by atoms with van der Waals surface area (Å²) in [5, 5.41) is 10.2. The first-order chi connectivity index (χ1) is 7.00. The van der Waals surface area contributed by atoms with Gasteiger partial charge in [-0.15, -0.1) is 6.58 Å². The minimum atomic E-state index is -0.405. The molecule has 0 aliphatic heterocycles. The van der Waals surface area contributed by atoms with Gasteiger partial charge in [0.1, 0.15) is 0 Å². The highest BCUT2D eigenvalue weighted by Gasteiger charge is 2.32. The molecule has 1 nitrogen and oxygen atoms in total. The Morgan fingerprint density at radius 2 is 1.80 bits per heavy atom. The number of aliphatic hydroxyl groups excluding tert-OH is 1. The van der Waals surface area contributed by atoms with Crippen molar-refractivity contribution < 1.29 is 5.11 Å². The summed E-state index contributed by atoms with van der Waals surface area (Å²) in [6.07, 6.45) is 1.40. The van der Waals surface area contributed by atoms with Gasteiger partial charge in [0.25, 0.3) is 0 Å². The highest BCUT2D eigenvalue weighted by Crippen LogP contribution is 2.31. The number of benzene rings is 1. The molecule has 1 aromatic carbocycles. The summed E-state index contributed by atoms with van der Waals surface area (Å²) in [6, 6.07) is 10.1. The van der Waals surface area contributed by atoms with Crippen LogP contribution in [0.25, 0.3) is 0 Å². The molecule has 1 aromatic rings. The molecule has 0 spiro atoms. The van der Waals surface area contributed by atoms with Crippen molar-refractivity contribution in [2.75, 3.05) is 0 Å². The summed E-state index contributed by atoms with van der Waals surface area (Å²) >= 11 is 0. The Morgan fingerprint density at radius 3 is 2.27 bits per heavy atom. The molecule has 0 saturated carbocycles. The van der Waals surface area contributed by atoms with E-state index < -0.39 is 6.10 Å². The van der Waals surface area contributed by atoms with Crippen LogP contribution in [0.5, 0.6) is 0 Å². The average molecular weight is 204 g/mol. The van der Waals surface area contributed by atoms with E-state index in [1.807, 2.05) is 25.1 Å². The molecule has 15 heavy (non-hydrogen) atoms. The van der Waals surface area contributed by atoms with Gasteiger partial charge in [0.05, 0.1) is 6.10 Å². The van der Waals surface area contributed by atoms with Crippen molar-refractivity contribution in [2.45, 2.75) is 32.3 Å². The van der Waals surface area contributed by atoms with Crippen molar-refractivity contribution in [3.05, 3.63) is 48.6 Å². The molecule has 0 aliphatic carbocycles. The van der Waals surface area contributed by atoms with Crippen molar-refractivity contribution in [1.82, 2.24) is 0 Å². The van der Waals surface area contributed by atoms with Crippen LogP contribution in [0.4, 0.5) is 0 Å². The van der Waals surface area contributed by atoms with Gasteiger partial charge in [0.15, 0.2) is 0 Å². The third-order valence-corrected chi connectivity index (χ3v) is 3.13. The predicted molar refractivity (Wildman–Crippen MR) is 64.8 cm³/mol. The van der Waals surface area contributed by atoms with Crippen molar-refractivity contribution in [3.63, 3.8) is 0 Å². The van der Waals surface area contributed by atoms with E-state index in [2.05, 4.69) is 32.6 Å². The molecule has 0 fully saturated rings. The van der Waals surface area contributed by atoms with Gasteiger partial charge in [-0.1, -0.05) is 57.2 Å². The van der Waals surface area contributed by atoms with Crippen LogP contribution in [-0.4, -0.2) is 11.2 Å². The molecular weight excluding hydrogens is 184 g/mol. The lowest BCUT2D eigenvalue weighted by molar-refractivity contribution is 0.0678. The van der Waals surface area contributed by atoms with Crippen molar-refractivity contribution in [1.29, 1.82) is 0 Å². The quantitative estimate of drug-likeness (QED) is 0.747. The van der Waals surface area contributed by atoms with Crippen LogP contribution >= 0.6 is 0 Å². The summed E-state index contributed by atoms with van der Waals surface area (Å²) < 4.78 is 0. The smallest absolute Gasteiger partial charge is 0.0691 e. The third kappa shape index (κ3) is 2.48. The Kier molecular flexibility index (Phi) is 3.70. The topological polar surface area (TPSA) is 20.2 Å². The van der Waals surface area contributed by atoms with Gasteiger partial charge in [-0.2, -0.15) is 0 Å². The monoisotopic (exact) mass is 204 g/mol. The van der Waals surface area contributed by atoms with Crippen molar-refractivity contribution in [2.24, 2.45) is 5.92 Å². The van der Waals surface area contributed by atoms with Crippen LogP contribution < -0.4 is 0 Å². The SMILES string of the molecule is C=C[C@H](C)[C@@H](O)C(C)(C)c1ccccc1. The molecule has 0 saturated heterocycles. The first-order valence-corrected chi connectivity index (χ1v) is 5.36. The first kappa shape index (κ1) is 12.0. The molecule has 0 radical (unpaired) electrons. The van der Waals surface area contributed by atoms with Gasteiger partial charge in [0.2, 0.25) is 0 Å². The van der Waals surface area contributed by atoms with E-state index in [1.165, 1.54) is 0 Å². The van der Waals surface area contributed by atoms with E-state index in [4.69, 9.17) is 0 Å². The molecule has 0 bridgehead atoms. The minimum absolute atomic E-state index is 0.0974. The van der Waals surface area contributed by atoms with Crippen LogP contribution in [0.3, 0.4) is 0 Å². The van der Waals surface area contributed by atoms with E-state index in [1.54, 1.807) is 6.08 Å². The number of hydrogen-bond donors (Lipinski definition) is 1. The fraction of sp³-hybridized carbons (Fsp3) is 0.429. The maximum absolute atomic E-state index is 10.2. The van der Waals surface area contributed by atoms with E-state index in [-0.39, 0.29) is 11.3 Å². The molecular formula is C14H20O. The second-order valence-electron chi connectivity index (χ2n) is 4.63. The fourth-order valence-corrected chi connectivity index (χ4v) is 1.82. The predicted octanol–water partition coefficient (Wildman–Crippen LogP) is 3.15. The lowest BCUT2D eigenvalue weighted by Gasteiger charge is -2.34. The second kappa shape index (κ2) is 4.63. The van der Waals surface area contributed by atoms with Gasteiger partial charge < -0.3 is 5.11 Å². The summed E-state index contributed by atoms with van der Waals surface area (Å²) in [6.45, 7) is 9.84. The Morgan fingerprint density at radius 1 is 1.27 bits per heavy atom. The van der Waals surface area contributed by atoms with Gasteiger partial charge in [-0.05, 0) is 5.56 Å². The molecule has 1 N–H and O–H groups in total. The fourth-order valence-electron chi connectivity index (χ4n) is 1.82. The number of hydrogen-bond acceptors (Lipinski definition) is 1. The van der Waals surface area contributed by atoms with Crippen LogP contribution in [0.1, 0.15) is 26.3 Å². The largest absolute Gasteiger partial charge is 0.392 e. The van der Waals surface area contributed by atoms with Crippen LogP contribution in [0, 0.1) is 5.92 Å². The highest BCUT2D eigenvalue weighted by atomic mass is 16.3. The maximum Gasteiger partial charge on any atom is 0.0691 e. The zero-order chi connectivity index (χ0) is 11.5. The molecule has 82 valence electrons. The zero-order valence-corrected chi connectivity index (χ0v) is 9.77. The van der Waals surface area contributed by atoms with Gasteiger partial charge in [-0.3, -0.25) is 0 Å². The van der Waals surface area contributed by atoms with E-state index in [0.29, 0.717) is 0 Å². The Bertz CT molecular complexity index is 313. The first-order valence-electron chi connectivity index (χ1n) is 5.36. The highest BCUT2D eigenvalue weighted by molar-refractivity contribution is 5.25. The number of rotatable bonds is 4. The lowest BCUT2D eigenvalue weighted by Crippen LogP contribution is -2.37. The molecule has 2 atom stereocenters. The molecule has 1 heteroatoms. The third-order valence-electron chi connectivity index (χ3n) is 3.13. The summed E-state index contributed by atoms with van der Waals surface area (Å²) in [5.74, 6) is 0.0974. The van der Waals surface area contributed by atoms with E-state index in [9.17, 15) is 5.11 Å². The van der Waals surface area contributed by atoms with Crippen LogP contribution in [-0.2, 0) is 5.41 Å². The molecule has 0 heterocycles. The zero-order valence-electron chi connectivity index (χ0n) is 9.77. The molecule has 0 amide bonds. The second-order valence-corrected chi connectivity index (χ2v) is 4.63. The van der Waals surface area contributed by atoms with E-state index >= 15 is 0 Å². The van der Waals surface area contributed by atoms with Gasteiger partial charge in [0, 0.05) is 11.3 Å². The Labute approximate surface area is 92.5 Å². The standard InChI is InChI=1S/C14H20O/c1-5-11(2)13(15)14(3,4)12-9-7-6-8-10-12/h5-11,13,15H,1H2,2-4H3/t11-,13+/m0/s1.